The number of thiazole rings is 1. The molecule has 0 atom stereocenters. The molecular formula is C13H16F3N5S. The number of nitrogens with zero attached hydrogens (tertiary/aromatic N) is 5. The highest BCUT2D eigenvalue weighted by atomic mass is 32.1. The van der Waals surface area contributed by atoms with Gasteiger partial charge in [-0.25, -0.2) is 4.98 Å². The average molecular weight is 331 g/mol. The number of piperazine rings is 1. The van der Waals surface area contributed by atoms with Gasteiger partial charge in [0.25, 0.3) is 0 Å². The minimum atomic E-state index is -4.36. The van der Waals surface area contributed by atoms with Crippen LogP contribution in [-0.4, -0.2) is 45.8 Å². The van der Waals surface area contributed by atoms with Gasteiger partial charge in [-0.3, -0.25) is 9.58 Å². The lowest BCUT2D eigenvalue weighted by Gasteiger charge is -2.34. The molecular weight excluding hydrogens is 315 g/mol. The standard InChI is InChI=1S/C13H16F3N5S/c1-19-7-10(6-17-19)8-20-2-4-21(5-3-20)12-18-11(9-22-12)13(14,15)16/h6-7,9H,2-5,8H2,1H3. The molecule has 1 aliphatic rings. The molecule has 0 radical (unpaired) electrons. The van der Waals surface area contributed by atoms with Crippen LogP contribution in [0.5, 0.6) is 0 Å². The van der Waals surface area contributed by atoms with E-state index in [4.69, 9.17) is 0 Å². The number of rotatable bonds is 3. The fraction of sp³-hybridized carbons (Fsp3) is 0.538. The molecule has 3 heterocycles. The van der Waals surface area contributed by atoms with Gasteiger partial charge in [0.15, 0.2) is 10.8 Å². The van der Waals surface area contributed by atoms with E-state index >= 15 is 0 Å². The lowest BCUT2D eigenvalue weighted by molar-refractivity contribution is -0.140. The van der Waals surface area contributed by atoms with Crippen molar-refractivity contribution >= 4 is 16.5 Å². The number of aryl methyl sites for hydroxylation is 1. The lowest BCUT2D eigenvalue weighted by atomic mass is 10.2. The topological polar surface area (TPSA) is 37.2 Å². The van der Waals surface area contributed by atoms with Gasteiger partial charge in [-0.05, 0) is 0 Å². The van der Waals surface area contributed by atoms with Crippen molar-refractivity contribution in [3.8, 4) is 0 Å². The summed E-state index contributed by atoms with van der Waals surface area (Å²) >= 11 is 1.05. The van der Waals surface area contributed by atoms with Crippen LogP contribution in [0.2, 0.25) is 0 Å². The maximum Gasteiger partial charge on any atom is 0.434 e. The molecule has 5 nitrogen and oxygen atoms in total. The average Bonchev–Trinajstić information content (AvgIpc) is 3.08. The van der Waals surface area contributed by atoms with Gasteiger partial charge in [-0.2, -0.15) is 18.3 Å². The third kappa shape index (κ3) is 3.41. The first-order chi connectivity index (χ1) is 10.4. The zero-order valence-corrected chi connectivity index (χ0v) is 12.9. The predicted molar refractivity (Wildman–Crippen MR) is 77.8 cm³/mol. The van der Waals surface area contributed by atoms with Gasteiger partial charge in [0, 0.05) is 56.9 Å². The summed E-state index contributed by atoms with van der Waals surface area (Å²) in [6.07, 6.45) is -0.553. The van der Waals surface area contributed by atoms with Crippen molar-refractivity contribution in [1.82, 2.24) is 19.7 Å². The van der Waals surface area contributed by atoms with Crippen LogP contribution in [0.15, 0.2) is 17.8 Å². The van der Waals surface area contributed by atoms with Gasteiger partial charge >= 0.3 is 6.18 Å². The molecule has 0 unspecified atom stereocenters. The van der Waals surface area contributed by atoms with Crippen molar-refractivity contribution in [3.63, 3.8) is 0 Å². The monoisotopic (exact) mass is 331 g/mol. The number of halogens is 3. The first-order valence-corrected chi connectivity index (χ1v) is 7.77. The molecule has 1 saturated heterocycles. The first kappa shape index (κ1) is 15.3. The number of anilines is 1. The number of hydrogen-bond acceptors (Lipinski definition) is 5. The van der Waals surface area contributed by atoms with E-state index in [2.05, 4.69) is 15.0 Å². The second-order valence-corrected chi connectivity index (χ2v) is 6.14. The van der Waals surface area contributed by atoms with E-state index < -0.39 is 11.9 Å². The van der Waals surface area contributed by atoms with Gasteiger partial charge in [0.1, 0.15) is 0 Å². The van der Waals surface area contributed by atoms with Crippen LogP contribution in [0, 0.1) is 0 Å². The Morgan fingerprint density at radius 3 is 2.50 bits per heavy atom. The molecule has 2 aromatic rings. The Labute approximate surface area is 130 Å². The van der Waals surface area contributed by atoms with Crippen molar-refractivity contribution in [2.24, 2.45) is 7.05 Å². The molecule has 0 amide bonds. The highest BCUT2D eigenvalue weighted by Gasteiger charge is 2.34. The second-order valence-electron chi connectivity index (χ2n) is 5.30. The predicted octanol–water partition coefficient (Wildman–Crippen LogP) is 2.22. The van der Waals surface area contributed by atoms with E-state index in [1.165, 1.54) is 0 Å². The van der Waals surface area contributed by atoms with Crippen LogP contribution in [0.25, 0.3) is 0 Å². The molecule has 1 fully saturated rings. The van der Waals surface area contributed by atoms with Crippen LogP contribution in [-0.2, 0) is 19.8 Å². The van der Waals surface area contributed by atoms with Crippen molar-refractivity contribution in [3.05, 3.63) is 29.0 Å². The first-order valence-electron chi connectivity index (χ1n) is 6.89. The molecule has 0 N–H and O–H groups in total. The van der Waals surface area contributed by atoms with E-state index in [0.29, 0.717) is 18.2 Å². The molecule has 22 heavy (non-hydrogen) atoms. The Morgan fingerprint density at radius 1 is 1.23 bits per heavy atom. The minimum absolute atomic E-state index is 0.452. The number of alkyl halides is 3. The van der Waals surface area contributed by atoms with Crippen LogP contribution >= 0.6 is 11.3 Å². The van der Waals surface area contributed by atoms with Crippen molar-refractivity contribution in [1.29, 1.82) is 0 Å². The molecule has 0 aromatic carbocycles. The Hall–Kier alpha value is -1.61. The highest BCUT2D eigenvalue weighted by molar-refractivity contribution is 7.13. The van der Waals surface area contributed by atoms with Crippen LogP contribution in [0.4, 0.5) is 18.3 Å². The third-order valence-corrected chi connectivity index (χ3v) is 4.49. The maximum absolute atomic E-state index is 12.6. The molecule has 2 aromatic heterocycles. The summed E-state index contributed by atoms with van der Waals surface area (Å²) in [5.74, 6) is 0. The van der Waals surface area contributed by atoms with Gasteiger partial charge in [-0.1, -0.05) is 0 Å². The Kier molecular flexibility index (Phi) is 4.09. The Morgan fingerprint density at radius 2 is 1.95 bits per heavy atom. The second kappa shape index (κ2) is 5.88. The summed E-state index contributed by atoms with van der Waals surface area (Å²) in [7, 11) is 1.88. The summed E-state index contributed by atoms with van der Waals surface area (Å²) in [5.41, 5.74) is 0.342. The van der Waals surface area contributed by atoms with Crippen LogP contribution in [0.3, 0.4) is 0 Å². The zero-order valence-electron chi connectivity index (χ0n) is 12.0. The minimum Gasteiger partial charge on any atom is -0.346 e. The van der Waals surface area contributed by atoms with Crippen molar-refractivity contribution < 1.29 is 13.2 Å². The van der Waals surface area contributed by atoms with E-state index in [0.717, 1.165) is 41.9 Å². The Bertz CT molecular complexity index is 628. The molecule has 0 aliphatic carbocycles. The van der Waals surface area contributed by atoms with E-state index in [9.17, 15) is 13.2 Å². The van der Waals surface area contributed by atoms with E-state index in [1.807, 2.05) is 24.3 Å². The fourth-order valence-electron chi connectivity index (χ4n) is 2.45. The third-order valence-electron chi connectivity index (χ3n) is 3.59. The van der Waals surface area contributed by atoms with E-state index in [1.54, 1.807) is 4.68 Å². The van der Waals surface area contributed by atoms with Crippen molar-refractivity contribution in [2.45, 2.75) is 12.7 Å². The highest BCUT2D eigenvalue weighted by Crippen LogP contribution is 2.33. The fourth-order valence-corrected chi connectivity index (χ4v) is 3.33. The molecule has 1 aliphatic heterocycles. The maximum atomic E-state index is 12.6. The van der Waals surface area contributed by atoms with Crippen LogP contribution in [0.1, 0.15) is 11.3 Å². The molecule has 3 rings (SSSR count). The SMILES string of the molecule is Cn1cc(CN2CCN(c3nc(C(F)(F)F)cs3)CC2)cn1. The summed E-state index contributed by atoms with van der Waals surface area (Å²) in [6.45, 7) is 3.79. The lowest BCUT2D eigenvalue weighted by Crippen LogP contribution is -2.45. The summed E-state index contributed by atoms with van der Waals surface area (Å²) in [4.78, 5) is 7.89. The summed E-state index contributed by atoms with van der Waals surface area (Å²) in [6, 6.07) is 0. The quantitative estimate of drug-likeness (QED) is 0.864. The van der Waals surface area contributed by atoms with Crippen LogP contribution < -0.4 is 4.90 Å². The van der Waals surface area contributed by atoms with E-state index in [-0.39, 0.29) is 0 Å². The van der Waals surface area contributed by atoms with Crippen molar-refractivity contribution in [2.75, 3.05) is 31.1 Å². The van der Waals surface area contributed by atoms with Gasteiger partial charge in [-0.15, -0.1) is 11.3 Å². The number of hydrogen-bond donors (Lipinski definition) is 0. The largest absolute Gasteiger partial charge is 0.434 e. The molecule has 9 heteroatoms. The molecule has 0 spiro atoms. The van der Waals surface area contributed by atoms with Gasteiger partial charge in [0.05, 0.1) is 6.20 Å². The summed E-state index contributed by atoms with van der Waals surface area (Å²) < 4.78 is 39.5. The van der Waals surface area contributed by atoms with Gasteiger partial charge in [0.2, 0.25) is 0 Å². The Balaban J connectivity index is 1.56. The normalized spacial score (nSPS) is 17.2. The molecule has 120 valence electrons. The molecule has 0 saturated carbocycles. The smallest absolute Gasteiger partial charge is 0.346 e. The number of aromatic nitrogens is 3. The summed E-state index contributed by atoms with van der Waals surface area (Å²) in [5, 5.41) is 5.67. The molecule has 0 bridgehead atoms. The van der Waals surface area contributed by atoms with Gasteiger partial charge < -0.3 is 4.90 Å². The zero-order chi connectivity index (χ0) is 15.7.